The molecule has 1 amide bonds. The molecule has 2 aromatic rings. The van der Waals surface area contributed by atoms with Crippen molar-refractivity contribution < 1.29 is 21.6 Å². The molecule has 0 aliphatic carbocycles. The predicted octanol–water partition coefficient (Wildman–Crippen LogP) is 3.25. The monoisotopic (exact) mass is 478 g/mol. The molecule has 174 valence electrons. The smallest absolute Gasteiger partial charge is 0.243 e. The van der Waals surface area contributed by atoms with Gasteiger partial charge in [0.25, 0.3) is 0 Å². The third-order valence-corrected chi connectivity index (χ3v) is 8.60. The molecule has 0 aromatic heterocycles. The molecule has 2 aromatic carbocycles. The number of hydrogen-bond acceptors (Lipinski definition) is 5. The Labute approximate surface area is 191 Å². The van der Waals surface area contributed by atoms with Gasteiger partial charge in [-0.05, 0) is 68.7 Å². The Kier molecular flexibility index (Phi) is 7.42. The van der Waals surface area contributed by atoms with Gasteiger partial charge in [-0.15, -0.1) is 0 Å². The van der Waals surface area contributed by atoms with Crippen molar-refractivity contribution >= 4 is 31.5 Å². The van der Waals surface area contributed by atoms with E-state index in [9.17, 15) is 21.6 Å². The molecule has 1 aliphatic rings. The van der Waals surface area contributed by atoms with Crippen LogP contribution in [0.4, 0.5) is 5.69 Å². The molecule has 7 nitrogen and oxygen atoms in total. The van der Waals surface area contributed by atoms with Gasteiger partial charge in [-0.25, -0.2) is 16.8 Å². The number of anilines is 1. The van der Waals surface area contributed by atoms with Crippen LogP contribution in [0.3, 0.4) is 0 Å². The number of sulfone groups is 1. The molecule has 0 atom stereocenters. The van der Waals surface area contributed by atoms with Gasteiger partial charge in [-0.2, -0.15) is 4.31 Å². The van der Waals surface area contributed by atoms with Crippen molar-refractivity contribution in [3.63, 3.8) is 0 Å². The minimum Gasteiger partial charge on any atom is -0.310 e. The standard InChI is InChI=1S/C23H30N2O5S2/c1-18(2)25(20-9-13-21(14-10-20)31(3,27)28)23(26)17-19-7-11-22(12-8-19)32(29,30)24-15-5-4-6-16-24/h7-14,18H,4-6,15-17H2,1-3H3. The normalized spacial score (nSPS) is 15.6. The lowest BCUT2D eigenvalue weighted by molar-refractivity contribution is -0.118. The van der Waals surface area contributed by atoms with Crippen molar-refractivity contribution in [2.24, 2.45) is 0 Å². The average molecular weight is 479 g/mol. The van der Waals surface area contributed by atoms with E-state index in [4.69, 9.17) is 0 Å². The van der Waals surface area contributed by atoms with Gasteiger partial charge in [-0.1, -0.05) is 18.6 Å². The second-order valence-electron chi connectivity index (χ2n) is 8.41. The summed E-state index contributed by atoms with van der Waals surface area (Å²) in [4.78, 5) is 15.1. The molecule has 0 bridgehead atoms. The molecule has 1 saturated heterocycles. The molecule has 32 heavy (non-hydrogen) atoms. The summed E-state index contributed by atoms with van der Waals surface area (Å²) in [5.74, 6) is -0.154. The summed E-state index contributed by atoms with van der Waals surface area (Å²) in [6, 6.07) is 12.6. The highest BCUT2D eigenvalue weighted by molar-refractivity contribution is 7.90. The van der Waals surface area contributed by atoms with Gasteiger partial charge in [0.05, 0.1) is 16.2 Å². The van der Waals surface area contributed by atoms with Crippen LogP contribution in [0, 0.1) is 0 Å². The summed E-state index contributed by atoms with van der Waals surface area (Å²) in [5, 5.41) is 0. The Balaban J connectivity index is 1.76. The average Bonchev–Trinajstić information content (AvgIpc) is 2.74. The van der Waals surface area contributed by atoms with Gasteiger partial charge in [0, 0.05) is 31.1 Å². The number of nitrogens with zero attached hydrogens (tertiary/aromatic N) is 2. The van der Waals surface area contributed by atoms with E-state index in [2.05, 4.69) is 0 Å². The summed E-state index contributed by atoms with van der Waals surface area (Å²) in [6.07, 6.45) is 4.05. The second kappa shape index (κ2) is 9.72. The molecule has 0 radical (unpaired) electrons. The minimum absolute atomic E-state index is 0.107. The van der Waals surface area contributed by atoms with Crippen LogP contribution < -0.4 is 4.90 Å². The Hall–Kier alpha value is -2.23. The number of amides is 1. The maximum absolute atomic E-state index is 13.0. The lowest BCUT2D eigenvalue weighted by Gasteiger charge is -2.27. The molecule has 1 heterocycles. The fourth-order valence-corrected chi connectivity index (χ4v) is 6.02. The molecule has 9 heteroatoms. The number of benzene rings is 2. The number of rotatable bonds is 7. The molecule has 0 unspecified atom stereocenters. The molecular weight excluding hydrogens is 448 g/mol. The van der Waals surface area contributed by atoms with Crippen LogP contribution in [0.5, 0.6) is 0 Å². The first-order valence-electron chi connectivity index (χ1n) is 10.7. The maximum Gasteiger partial charge on any atom is 0.243 e. The van der Waals surface area contributed by atoms with Crippen LogP contribution in [0.2, 0.25) is 0 Å². The Morgan fingerprint density at radius 2 is 1.41 bits per heavy atom. The zero-order valence-electron chi connectivity index (χ0n) is 18.7. The minimum atomic E-state index is -3.51. The number of sulfonamides is 1. The van der Waals surface area contributed by atoms with Gasteiger partial charge >= 0.3 is 0 Å². The third kappa shape index (κ3) is 5.57. The lowest BCUT2D eigenvalue weighted by Crippen LogP contribution is -2.38. The number of hydrogen-bond donors (Lipinski definition) is 0. The van der Waals surface area contributed by atoms with Crippen LogP contribution in [0.25, 0.3) is 0 Å². The zero-order valence-corrected chi connectivity index (χ0v) is 20.3. The van der Waals surface area contributed by atoms with Crippen molar-refractivity contribution in [2.75, 3.05) is 24.2 Å². The van der Waals surface area contributed by atoms with E-state index >= 15 is 0 Å². The van der Waals surface area contributed by atoms with E-state index in [1.54, 1.807) is 41.3 Å². The van der Waals surface area contributed by atoms with E-state index in [0.717, 1.165) is 25.5 Å². The fourth-order valence-electron chi connectivity index (χ4n) is 3.88. The van der Waals surface area contributed by atoms with Crippen molar-refractivity contribution in [2.45, 2.75) is 55.4 Å². The molecule has 1 aliphatic heterocycles. The van der Waals surface area contributed by atoms with Crippen molar-refractivity contribution in [3.05, 3.63) is 54.1 Å². The van der Waals surface area contributed by atoms with Crippen LogP contribution in [-0.2, 0) is 31.1 Å². The van der Waals surface area contributed by atoms with Gasteiger partial charge in [-0.3, -0.25) is 4.79 Å². The van der Waals surface area contributed by atoms with E-state index in [-0.39, 0.29) is 28.2 Å². The SMILES string of the molecule is CC(C)N(C(=O)Cc1ccc(S(=O)(=O)N2CCCCC2)cc1)c1ccc(S(C)(=O)=O)cc1. The third-order valence-electron chi connectivity index (χ3n) is 5.56. The Morgan fingerprint density at radius 1 is 0.875 bits per heavy atom. The number of carbonyl (C=O) groups is 1. The summed E-state index contributed by atoms with van der Waals surface area (Å²) < 4.78 is 50.5. The van der Waals surface area contributed by atoms with Crippen molar-refractivity contribution in [3.8, 4) is 0 Å². The van der Waals surface area contributed by atoms with E-state index in [1.807, 2.05) is 13.8 Å². The quantitative estimate of drug-likeness (QED) is 0.609. The maximum atomic E-state index is 13.0. The summed E-state index contributed by atoms with van der Waals surface area (Å²) in [6.45, 7) is 4.86. The van der Waals surface area contributed by atoms with E-state index < -0.39 is 19.9 Å². The molecule has 1 fully saturated rings. The molecule has 0 spiro atoms. The fraction of sp³-hybridized carbons (Fsp3) is 0.435. The molecule has 0 saturated carbocycles. The van der Waals surface area contributed by atoms with E-state index in [1.165, 1.54) is 16.4 Å². The molecular formula is C23H30N2O5S2. The Morgan fingerprint density at radius 3 is 1.91 bits per heavy atom. The number of piperidine rings is 1. The van der Waals surface area contributed by atoms with Crippen LogP contribution in [-0.4, -0.2) is 52.4 Å². The predicted molar refractivity (Wildman–Crippen MR) is 125 cm³/mol. The summed E-state index contributed by atoms with van der Waals surface area (Å²) in [7, 11) is -6.82. The van der Waals surface area contributed by atoms with Gasteiger partial charge in [0.2, 0.25) is 15.9 Å². The van der Waals surface area contributed by atoms with Crippen LogP contribution in [0.15, 0.2) is 58.3 Å². The molecule has 3 rings (SSSR count). The van der Waals surface area contributed by atoms with Gasteiger partial charge in [0.1, 0.15) is 0 Å². The first-order chi connectivity index (χ1) is 15.0. The highest BCUT2D eigenvalue weighted by atomic mass is 32.2. The highest BCUT2D eigenvalue weighted by Gasteiger charge is 2.26. The molecule has 0 N–H and O–H groups in total. The first kappa shape index (κ1) is 24.4. The first-order valence-corrected chi connectivity index (χ1v) is 14.0. The van der Waals surface area contributed by atoms with Crippen molar-refractivity contribution in [1.82, 2.24) is 4.31 Å². The largest absolute Gasteiger partial charge is 0.310 e. The lowest BCUT2D eigenvalue weighted by atomic mass is 10.1. The van der Waals surface area contributed by atoms with E-state index in [0.29, 0.717) is 24.3 Å². The summed E-state index contributed by atoms with van der Waals surface area (Å²) in [5.41, 5.74) is 1.33. The van der Waals surface area contributed by atoms with Crippen LogP contribution in [0.1, 0.15) is 38.7 Å². The van der Waals surface area contributed by atoms with Crippen molar-refractivity contribution in [1.29, 1.82) is 0 Å². The van der Waals surface area contributed by atoms with Crippen LogP contribution >= 0.6 is 0 Å². The Bertz CT molecular complexity index is 1150. The highest BCUT2D eigenvalue weighted by Crippen LogP contribution is 2.23. The second-order valence-corrected chi connectivity index (χ2v) is 12.4. The zero-order chi connectivity index (χ0) is 23.5. The summed E-state index contributed by atoms with van der Waals surface area (Å²) >= 11 is 0. The number of carbonyl (C=O) groups excluding carboxylic acids is 1. The van der Waals surface area contributed by atoms with Gasteiger partial charge < -0.3 is 4.90 Å². The van der Waals surface area contributed by atoms with Gasteiger partial charge in [0.15, 0.2) is 9.84 Å². The topological polar surface area (TPSA) is 91.8 Å².